The van der Waals surface area contributed by atoms with E-state index in [1.165, 1.54) is 0 Å². The number of aromatic nitrogens is 3. The molecule has 0 fully saturated rings. The van der Waals surface area contributed by atoms with Crippen molar-refractivity contribution in [3.8, 4) is 0 Å². The van der Waals surface area contributed by atoms with Gasteiger partial charge in [0.1, 0.15) is 6.10 Å². The number of hydrogen-bond acceptors (Lipinski definition) is 3. The second kappa shape index (κ2) is 9.56. The lowest BCUT2D eigenvalue weighted by atomic mass is 10.1. The molecular formula is C20H20Cl3N3O. The highest BCUT2D eigenvalue weighted by atomic mass is 35.5. The molecule has 0 saturated carbocycles. The van der Waals surface area contributed by atoms with E-state index in [0.29, 0.717) is 28.2 Å². The summed E-state index contributed by atoms with van der Waals surface area (Å²) in [5.41, 5.74) is 2.86. The zero-order chi connectivity index (χ0) is 19.2. The number of ether oxygens (including phenoxy) is 1. The fourth-order valence-electron chi connectivity index (χ4n) is 2.75. The minimum Gasteiger partial charge on any atom is -0.367 e. The minimum absolute atomic E-state index is 0.290. The van der Waals surface area contributed by atoms with Gasteiger partial charge in [-0.3, -0.25) is 0 Å². The maximum absolute atomic E-state index is 6.42. The lowest BCUT2D eigenvalue weighted by Crippen LogP contribution is -2.14. The van der Waals surface area contributed by atoms with Crippen molar-refractivity contribution < 1.29 is 4.74 Å². The smallest absolute Gasteiger partial charge is 0.104 e. The van der Waals surface area contributed by atoms with Gasteiger partial charge in [-0.05, 0) is 36.2 Å². The summed E-state index contributed by atoms with van der Waals surface area (Å²) in [7, 11) is 0. The average molecular weight is 425 g/mol. The van der Waals surface area contributed by atoms with Crippen LogP contribution in [0.3, 0.4) is 0 Å². The molecule has 2 aromatic carbocycles. The quantitative estimate of drug-likeness (QED) is 0.435. The summed E-state index contributed by atoms with van der Waals surface area (Å²) in [5, 5.41) is 10.3. The minimum atomic E-state index is -0.290. The maximum Gasteiger partial charge on any atom is 0.104 e. The van der Waals surface area contributed by atoms with Crippen LogP contribution in [0.5, 0.6) is 0 Å². The molecule has 1 heterocycles. The molecule has 0 N–H and O–H groups in total. The van der Waals surface area contributed by atoms with E-state index in [9.17, 15) is 0 Å². The van der Waals surface area contributed by atoms with Crippen molar-refractivity contribution >= 4 is 34.8 Å². The number of nitrogens with zero attached hydrogens (tertiary/aromatic N) is 3. The Balaban J connectivity index is 1.79. The third-order valence-electron chi connectivity index (χ3n) is 4.12. The lowest BCUT2D eigenvalue weighted by molar-refractivity contribution is 0.0254. The van der Waals surface area contributed by atoms with Gasteiger partial charge >= 0.3 is 0 Å². The van der Waals surface area contributed by atoms with Crippen molar-refractivity contribution in [2.24, 2.45) is 0 Å². The van der Waals surface area contributed by atoms with E-state index in [2.05, 4.69) is 17.2 Å². The van der Waals surface area contributed by atoms with Gasteiger partial charge in [-0.25, -0.2) is 4.68 Å². The first kappa shape index (κ1) is 20.2. The Morgan fingerprint density at radius 1 is 1.04 bits per heavy atom. The number of hydrogen-bond donors (Lipinski definition) is 0. The molecule has 3 rings (SSSR count). The van der Waals surface area contributed by atoms with Gasteiger partial charge in [-0.2, -0.15) is 0 Å². The van der Waals surface area contributed by atoms with Crippen LogP contribution in [-0.4, -0.2) is 15.0 Å². The Morgan fingerprint density at radius 3 is 2.48 bits per heavy atom. The second-order valence-electron chi connectivity index (χ2n) is 6.27. The van der Waals surface area contributed by atoms with Crippen molar-refractivity contribution in [1.82, 2.24) is 15.0 Å². The molecule has 0 aliphatic heterocycles. The Morgan fingerprint density at radius 2 is 1.78 bits per heavy atom. The highest BCUT2D eigenvalue weighted by Crippen LogP contribution is 2.30. The first-order valence-corrected chi connectivity index (χ1v) is 9.88. The Kier molecular flexibility index (Phi) is 7.13. The molecule has 1 unspecified atom stereocenters. The molecule has 3 aromatic rings. The molecule has 0 radical (unpaired) electrons. The van der Waals surface area contributed by atoms with E-state index in [0.717, 1.165) is 29.7 Å². The SMILES string of the molecule is CCCc1cn(CC(OCc2ccc(Cl)cc2)c2ccc(Cl)cc2Cl)nn1. The van der Waals surface area contributed by atoms with Crippen LogP contribution in [0.25, 0.3) is 0 Å². The Labute approximate surface area is 174 Å². The van der Waals surface area contributed by atoms with Crippen LogP contribution in [0.2, 0.25) is 15.1 Å². The summed E-state index contributed by atoms with van der Waals surface area (Å²) in [6.07, 6.45) is 3.59. The van der Waals surface area contributed by atoms with Gasteiger partial charge < -0.3 is 4.74 Å². The van der Waals surface area contributed by atoms with E-state index in [1.807, 2.05) is 42.6 Å². The zero-order valence-electron chi connectivity index (χ0n) is 14.9. The third kappa shape index (κ3) is 5.69. The van der Waals surface area contributed by atoms with Crippen molar-refractivity contribution in [2.45, 2.75) is 39.0 Å². The van der Waals surface area contributed by atoms with Crippen LogP contribution in [-0.2, 0) is 24.3 Å². The molecule has 0 saturated heterocycles. The first-order chi connectivity index (χ1) is 13.0. The fraction of sp³-hybridized carbons (Fsp3) is 0.300. The monoisotopic (exact) mass is 423 g/mol. The van der Waals surface area contributed by atoms with Gasteiger partial charge in [-0.1, -0.05) is 71.6 Å². The van der Waals surface area contributed by atoms with Gasteiger partial charge in [0.05, 0.1) is 18.8 Å². The highest BCUT2D eigenvalue weighted by molar-refractivity contribution is 6.35. The summed E-state index contributed by atoms with van der Waals surface area (Å²) < 4.78 is 7.98. The molecule has 4 nitrogen and oxygen atoms in total. The summed E-state index contributed by atoms with van der Waals surface area (Å²) in [4.78, 5) is 0. The summed E-state index contributed by atoms with van der Waals surface area (Å²) in [6, 6.07) is 13.0. The number of rotatable bonds is 8. The molecular weight excluding hydrogens is 405 g/mol. The Hall–Kier alpha value is -1.59. The first-order valence-electron chi connectivity index (χ1n) is 8.75. The maximum atomic E-state index is 6.42. The van der Waals surface area contributed by atoms with Gasteiger partial charge in [0.25, 0.3) is 0 Å². The van der Waals surface area contributed by atoms with E-state index >= 15 is 0 Å². The van der Waals surface area contributed by atoms with Crippen LogP contribution in [0, 0.1) is 0 Å². The normalized spacial score (nSPS) is 12.3. The van der Waals surface area contributed by atoms with E-state index in [4.69, 9.17) is 39.5 Å². The van der Waals surface area contributed by atoms with Crippen molar-refractivity contribution in [1.29, 1.82) is 0 Å². The molecule has 0 aliphatic carbocycles. The predicted molar refractivity (Wildman–Crippen MR) is 109 cm³/mol. The van der Waals surface area contributed by atoms with E-state index in [-0.39, 0.29) is 6.10 Å². The van der Waals surface area contributed by atoms with Crippen LogP contribution in [0.4, 0.5) is 0 Å². The average Bonchev–Trinajstić information content (AvgIpc) is 3.08. The van der Waals surface area contributed by atoms with E-state index < -0.39 is 0 Å². The molecule has 7 heteroatoms. The number of aryl methyl sites for hydroxylation is 1. The van der Waals surface area contributed by atoms with Crippen LogP contribution < -0.4 is 0 Å². The summed E-state index contributed by atoms with van der Waals surface area (Å²) >= 11 is 18.4. The van der Waals surface area contributed by atoms with Crippen molar-refractivity contribution in [2.75, 3.05) is 0 Å². The second-order valence-corrected chi connectivity index (χ2v) is 7.55. The van der Waals surface area contributed by atoms with Crippen LogP contribution >= 0.6 is 34.8 Å². The van der Waals surface area contributed by atoms with Gasteiger partial charge in [0, 0.05) is 26.8 Å². The summed E-state index contributed by atoms with van der Waals surface area (Å²) in [6.45, 7) is 3.05. The topological polar surface area (TPSA) is 39.9 Å². The number of halogens is 3. The molecule has 27 heavy (non-hydrogen) atoms. The number of benzene rings is 2. The standard InChI is InChI=1S/C20H20Cl3N3O/c1-2-3-17-11-26(25-24-17)12-20(18-9-8-16(22)10-19(18)23)27-13-14-4-6-15(21)7-5-14/h4-11,20H,2-3,12-13H2,1H3. The predicted octanol–water partition coefficient (Wildman–Crippen LogP) is 6.15. The highest BCUT2D eigenvalue weighted by Gasteiger charge is 2.18. The van der Waals surface area contributed by atoms with Gasteiger partial charge in [0.15, 0.2) is 0 Å². The van der Waals surface area contributed by atoms with Crippen molar-refractivity contribution in [3.05, 3.63) is 80.6 Å². The molecule has 1 atom stereocenters. The molecule has 0 spiro atoms. The van der Waals surface area contributed by atoms with Crippen LogP contribution in [0.1, 0.15) is 36.3 Å². The van der Waals surface area contributed by atoms with Gasteiger partial charge in [0.2, 0.25) is 0 Å². The zero-order valence-corrected chi connectivity index (χ0v) is 17.2. The van der Waals surface area contributed by atoms with Gasteiger partial charge in [-0.15, -0.1) is 5.10 Å². The fourth-order valence-corrected chi connectivity index (χ4v) is 3.41. The van der Waals surface area contributed by atoms with E-state index in [1.54, 1.807) is 10.7 Å². The summed E-state index contributed by atoms with van der Waals surface area (Å²) in [5.74, 6) is 0. The van der Waals surface area contributed by atoms with Crippen LogP contribution in [0.15, 0.2) is 48.7 Å². The molecule has 142 valence electrons. The third-order valence-corrected chi connectivity index (χ3v) is 4.93. The largest absolute Gasteiger partial charge is 0.367 e. The lowest BCUT2D eigenvalue weighted by Gasteiger charge is -2.20. The molecule has 0 bridgehead atoms. The van der Waals surface area contributed by atoms with Crippen molar-refractivity contribution in [3.63, 3.8) is 0 Å². The molecule has 1 aromatic heterocycles. The molecule has 0 amide bonds. The Bertz CT molecular complexity index is 880. The molecule has 0 aliphatic rings.